The van der Waals surface area contributed by atoms with Crippen molar-refractivity contribution in [2.45, 2.75) is 64.8 Å². The summed E-state index contributed by atoms with van der Waals surface area (Å²) in [4.78, 5) is 0. The highest BCUT2D eigenvalue weighted by molar-refractivity contribution is 6.26. The predicted octanol–water partition coefficient (Wildman–Crippen LogP) is 3.86. The van der Waals surface area contributed by atoms with Crippen molar-refractivity contribution in [3.8, 4) is 0 Å². The van der Waals surface area contributed by atoms with Gasteiger partial charge in [0, 0.05) is 6.61 Å². The van der Waals surface area contributed by atoms with Crippen molar-refractivity contribution >= 4 is 9.76 Å². The molecule has 0 aromatic carbocycles. The zero-order valence-electron chi connectivity index (χ0n) is 14.7. The van der Waals surface area contributed by atoms with Crippen LogP contribution in [0.15, 0.2) is 0 Å². The first kappa shape index (κ1) is 22.1. The largest absolute Gasteiger partial charge is 0.415 e. The normalized spacial score (nSPS) is 11.2. The molecule has 0 saturated carbocycles. The standard InChI is InChI=1S/C17H36O4Si/c1-3-5-7-8-9-10-18-11-12-19-13-14-20-15-16-21-22-17-6-4-2/h3-17H2,1-2H3. The van der Waals surface area contributed by atoms with E-state index in [0.717, 1.165) is 6.61 Å². The van der Waals surface area contributed by atoms with E-state index in [1.54, 1.807) is 0 Å². The van der Waals surface area contributed by atoms with Crippen LogP contribution in [0, 0.1) is 0 Å². The molecule has 22 heavy (non-hydrogen) atoms. The molecule has 0 aliphatic heterocycles. The molecule has 4 nitrogen and oxygen atoms in total. The summed E-state index contributed by atoms with van der Waals surface area (Å²) >= 11 is 0. The Morgan fingerprint density at radius 3 is 1.73 bits per heavy atom. The summed E-state index contributed by atoms with van der Waals surface area (Å²) < 4.78 is 21.9. The van der Waals surface area contributed by atoms with E-state index in [1.807, 2.05) is 0 Å². The lowest BCUT2D eigenvalue weighted by Gasteiger charge is -2.07. The van der Waals surface area contributed by atoms with Crippen molar-refractivity contribution in [1.82, 2.24) is 0 Å². The third kappa shape index (κ3) is 20.1. The Balaban J connectivity index is 2.91. The first-order chi connectivity index (χ1) is 10.9. The minimum atomic E-state index is 0.622. The molecule has 0 saturated heterocycles. The van der Waals surface area contributed by atoms with Crippen molar-refractivity contribution in [3.05, 3.63) is 0 Å². The van der Waals surface area contributed by atoms with Crippen LogP contribution in [-0.2, 0) is 18.6 Å². The van der Waals surface area contributed by atoms with Gasteiger partial charge in [0.2, 0.25) is 9.76 Å². The Morgan fingerprint density at radius 2 is 1.09 bits per heavy atom. The third-order valence-corrected chi connectivity index (χ3v) is 4.17. The molecular weight excluding hydrogens is 296 g/mol. The molecule has 0 rings (SSSR count). The number of hydrogen-bond acceptors (Lipinski definition) is 4. The summed E-state index contributed by atoms with van der Waals surface area (Å²) in [6, 6.07) is 1.18. The fraction of sp³-hybridized carbons (Fsp3) is 1.00. The molecule has 0 aliphatic rings. The van der Waals surface area contributed by atoms with Gasteiger partial charge in [-0.15, -0.1) is 0 Å². The van der Waals surface area contributed by atoms with E-state index in [9.17, 15) is 0 Å². The monoisotopic (exact) mass is 332 g/mol. The first-order valence-electron chi connectivity index (χ1n) is 8.99. The Labute approximate surface area is 140 Å². The highest BCUT2D eigenvalue weighted by Gasteiger charge is 1.94. The van der Waals surface area contributed by atoms with Gasteiger partial charge in [-0.1, -0.05) is 52.4 Å². The van der Waals surface area contributed by atoms with Crippen molar-refractivity contribution < 1.29 is 18.6 Å². The van der Waals surface area contributed by atoms with E-state index >= 15 is 0 Å². The van der Waals surface area contributed by atoms with Gasteiger partial charge in [0.05, 0.1) is 39.6 Å². The van der Waals surface area contributed by atoms with E-state index in [1.165, 1.54) is 51.0 Å². The molecular formula is C17H36O4Si. The average Bonchev–Trinajstić information content (AvgIpc) is 2.54. The number of ether oxygens (including phenoxy) is 3. The van der Waals surface area contributed by atoms with Crippen LogP contribution in [0.3, 0.4) is 0 Å². The maximum absolute atomic E-state index is 5.52. The van der Waals surface area contributed by atoms with E-state index in [2.05, 4.69) is 13.8 Å². The zero-order valence-corrected chi connectivity index (χ0v) is 15.7. The van der Waals surface area contributed by atoms with Crippen LogP contribution >= 0.6 is 0 Å². The van der Waals surface area contributed by atoms with Crippen LogP contribution in [0.1, 0.15) is 58.8 Å². The van der Waals surface area contributed by atoms with Gasteiger partial charge in [-0.05, 0) is 12.5 Å². The van der Waals surface area contributed by atoms with E-state index < -0.39 is 0 Å². The zero-order chi connectivity index (χ0) is 16.1. The van der Waals surface area contributed by atoms with Crippen LogP contribution in [0.25, 0.3) is 0 Å². The summed E-state index contributed by atoms with van der Waals surface area (Å²) in [6.07, 6.45) is 8.92. The van der Waals surface area contributed by atoms with Gasteiger partial charge in [0.1, 0.15) is 0 Å². The molecule has 0 unspecified atom stereocenters. The minimum Gasteiger partial charge on any atom is -0.415 e. The second kappa shape index (κ2) is 21.1. The van der Waals surface area contributed by atoms with Crippen LogP contribution in [0.4, 0.5) is 0 Å². The first-order valence-corrected chi connectivity index (χ1v) is 10.1. The van der Waals surface area contributed by atoms with Gasteiger partial charge in [-0.3, -0.25) is 0 Å². The highest BCUT2D eigenvalue weighted by Crippen LogP contribution is 2.02. The Hall–Kier alpha value is 0.0569. The molecule has 0 aromatic rings. The van der Waals surface area contributed by atoms with Crippen LogP contribution in [0.2, 0.25) is 6.04 Å². The molecule has 0 N–H and O–H groups in total. The third-order valence-electron chi connectivity index (χ3n) is 3.20. The molecule has 0 fully saturated rings. The van der Waals surface area contributed by atoms with Crippen molar-refractivity contribution in [1.29, 1.82) is 0 Å². The van der Waals surface area contributed by atoms with Crippen LogP contribution in [0.5, 0.6) is 0 Å². The lowest BCUT2D eigenvalue weighted by molar-refractivity contribution is 0.00891. The van der Waals surface area contributed by atoms with Crippen LogP contribution < -0.4 is 0 Å². The summed E-state index contributed by atoms with van der Waals surface area (Å²) in [5.74, 6) is 0. The molecule has 132 valence electrons. The van der Waals surface area contributed by atoms with Gasteiger partial charge in [-0.2, -0.15) is 0 Å². The van der Waals surface area contributed by atoms with Crippen molar-refractivity contribution in [2.24, 2.45) is 0 Å². The van der Waals surface area contributed by atoms with Gasteiger partial charge < -0.3 is 18.6 Å². The molecule has 0 heterocycles. The smallest absolute Gasteiger partial charge is 0.229 e. The molecule has 0 amide bonds. The quantitative estimate of drug-likeness (QED) is 0.266. The topological polar surface area (TPSA) is 36.9 Å². The lowest BCUT2D eigenvalue weighted by atomic mass is 10.2. The molecule has 0 aromatic heterocycles. The minimum absolute atomic E-state index is 0.622. The molecule has 2 radical (unpaired) electrons. The lowest BCUT2D eigenvalue weighted by Crippen LogP contribution is -2.12. The Bertz CT molecular complexity index is 173. The summed E-state index contributed by atoms with van der Waals surface area (Å²) in [6.45, 7) is 9.28. The van der Waals surface area contributed by atoms with Crippen LogP contribution in [-0.4, -0.2) is 56.0 Å². The second-order valence-corrected chi connectivity index (χ2v) is 6.43. The fourth-order valence-electron chi connectivity index (χ4n) is 1.84. The second-order valence-electron chi connectivity index (χ2n) is 5.35. The molecule has 0 spiro atoms. The SMILES string of the molecule is CCCCCCCOCCOCCOCCO[Si]CCCC. The van der Waals surface area contributed by atoms with Crippen molar-refractivity contribution in [3.63, 3.8) is 0 Å². The maximum Gasteiger partial charge on any atom is 0.229 e. The highest BCUT2D eigenvalue weighted by atomic mass is 28.2. The summed E-state index contributed by atoms with van der Waals surface area (Å²) in [5, 5.41) is 0. The average molecular weight is 333 g/mol. The van der Waals surface area contributed by atoms with Gasteiger partial charge in [-0.25, -0.2) is 0 Å². The fourth-order valence-corrected chi connectivity index (χ4v) is 2.71. The summed E-state index contributed by atoms with van der Waals surface area (Å²) in [7, 11) is 0.622. The summed E-state index contributed by atoms with van der Waals surface area (Å²) in [5.41, 5.74) is 0. The van der Waals surface area contributed by atoms with Gasteiger partial charge in [0.15, 0.2) is 0 Å². The van der Waals surface area contributed by atoms with E-state index in [0.29, 0.717) is 49.4 Å². The number of hydrogen-bond donors (Lipinski definition) is 0. The molecule has 5 heteroatoms. The molecule has 0 bridgehead atoms. The maximum atomic E-state index is 5.52. The number of unbranched alkanes of at least 4 members (excludes halogenated alkanes) is 5. The van der Waals surface area contributed by atoms with E-state index in [-0.39, 0.29) is 0 Å². The van der Waals surface area contributed by atoms with Crippen molar-refractivity contribution in [2.75, 3.05) is 46.2 Å². The number of rotatable bonds is 19. The Kier molecular flexibility index (Phi) is 21.1. The van der Waals surface area contributed by atoms with Gasteiger partial charge >= 0.3 is 0 Å². The molecule has 0 aliphatic carbocycles. The van der Waals surface area contributed by atoms with E-state index in [4.69, 9.17) is 18.6 Å². The van der Waals surface area contributed by atoms with Gasteiger partial charge in [0.25, 0.3) is 0 Å². The Morgan fingerprint density at radius 1 is 0.545 bits per heavy atom. The predicted molar refractivity (Wildman–Crippen MR) is 92.6 cm³/mol. The molecule has 0 atom stereocenters.